The molecule has 0 amide bonds. The average Bonchev–Trinajstić information content (AvgIpc) is 3.21. The predicted molar refractivity (Wildman–Crippen MR) is 79.5 cm³/mol. The highest BCUT2D eigenvalue weighted by molar-refractivity contribution is 6.60. The molecule has 0 aromatic heterocycles. The molecule has 0 aromatic carbocycles. The average molecular weight is 304 g/mol. The van der Waals surface area contributed by atoms with Gasteiger partial charge in [-0.05, 0) is 27.2 Å². The monoisotopic (exact) mass is 304 g/mol. The standard InChI is InChI=1S/C14H28O5Si/c1-5-17-20(18-6-2,19-7-3)10-8-9-13(4)15-11-14-12-16-14/h14H,4-12H2,1-3H3. The summed E-state index contributed by atoms with van der Waals surface area (Å²) in [6, 6.07) is 0.796. The van der Waals surface area contributed by atoms with Gasteiger partial charge in [0.1, 0.15) is 12.7 Å². The van der Waals surface area contributed by atoms with E-state index >= 15 is 0 Å². The summed E-state index contributed by atoms with van der Waals surface area (Å²) in [5.41, 5.74) is 0. The highest BCUT2D eigenvalue weighted by atomic mass is 28.4. The van der Waals surface area contributed by atoms with E-state index in [-0.39, 0.29) is 6.10 Å². The minimum absolute atomic E-state index is 0.274. The van der Waals surface area contributed by atoms with Crippen LogP contribution in [0.1, 0.15) is 33.6 Å². The molecule has 1 aliphatic rings. The predicted octanol–water partition coefficient (Wildman–Crippen LogP) is 2.74. The number of epoxide rings is 1. The second-order valence-corrected chi connectivity index (χ2v) is 7.37. The van der Waals surface area contributed by atoms with Crippen LogP contribution in [0, 0.1) is 0 Å². The van der Waals surface area contributed by atoms with Crippen LogP contribution in [-0.2, 0) is 22.8 Å². The smallest absolute Gasteiger partial charge is 0.496 e. The van der Waals surface area contributed by atoms with Crippen molar-refractivity contribution < 1.29 is 22.8 Å². The first kappa shape index (κ1) is 17.6. The molecule has 1 saturated heterocycles. The van der Waals surface area contributed by atoms with Gasteiger partial charge in [0.25, 0.3) is 0 Å². The molecule has 0 saturated carbocycles. The summed E-state index contributed by atoms with van der Waals surface area (Å²) in [6.07, 6.45) is 1.97. The maximum Gasteiger partial charge on any atom is 0.500 e. The molecule has 0 aromatic rings. The SMILES string of the molecule is C=C(CCC[Si](OCC)(OCC)OCC)OCC1CO1. The highest BCUT2D eigenvalue weighted by Crippen LogP contribution is 2.21. The molecule has 0 spiro atoms. The molecule has 20 heavy (non-hydrogen) atoms. The number of hydrogen-bond donors (Lipinski definition) is 0. The zero-order valence-corrected chi connectivity index (χ0v) is 14.0. The normalized spacial score (nSPS) is 18.1. The van der Waals surface area contributed by atoms with E-state index < -0.39 is 8.80 Å². The van der Waals surface area contributed by atoms with Gasteiger partial charge in [-0.15, -0.1) is 0 Å². The molecule has 1 heterocycles. The Balaban J connectivity index is 2.29. The minimum Gasteiger partial charge on any atom is -0.496 e. The topological polar surface area (TPSA) is 49.5 Å². The fourth-order valence-electron chi connectivity index (χ4n) is 1.95. The molecule has 0 N–H and O–H groups in total. The molecule has 1 unspecified atom stereocenters. The van der Waals surface area contributed by atoms with Crippen molar-refractivity contribution in [3.8, 4) is 0 Å². The molecule has 6 heteroatoms. The first-order chi connectivity index (χ1) is 9.65. The van der Waals surface area contributed by atoms with Gasteiger partial charge in [-0.3, -0.25) is 0 Å². The van der Waals surface area contributed by atoms with E-state index in [9.17, 15) is 0 Å². The van der Waals surface area contributed by atoms with E-state index in [0.29, 0.717) is 26.4 Å². The third-order valence-corrected chi connectivity index (χ3v) is 6.06. The maximum atomic E-state index is 5.80. The Bertz CT molecular complexity index is 264. The van der Waals surface area contributed by atoms with Crippen molar-refractivity contribution in [2.24, 2.45) is 0 Å². The summed E-state index contributed by atoms with van der Waals surface area (Å²) in [5, 5.41) is 0. The lowest BCUT2D eigenvalue weighted by Gasteiger charge is -2.28. The van der Waals surface area contributed by atoms with Crippen LogP contribution in [0.2, 0.25) is 6.04 Å². The van der Waals surface area contributed by atoms with Gasteiger partial charge in [-0.2, -0.15) is 0 Å². The minimum atomic E-state index is -2.52. The van der Waals surface area contributed by atoms with Crippen LogP contribution in [-0.4, -0.2) is 47.9 Å². The summed E-state index contributed by atoms with van der Waals surface area (Å²) in [4.78, 5) is 0. The third-order valence-electron chi connectivity index (χ3n) is 2.91. The molecule has 118 valence electrons. The molecule has 1 aliphatic heterocycles. The third kappa shape index (κ3) is 6.85. The van der Waals surface area contributed by atoms with Crippen LogP contribution in [0.15, 0.2) is 12.3 Å². The fraction of sp³-hybridized carbons (Fsp3) is 0.857. The molecule has 1 atom stereocenters. The van der Waals surface area contributed by atoms with Crippen molar-refractivity contribution in [3.05, 3.63) is 12.3 Å². The van der Waals surface area contributed by atoms with Crippen molar-refractivity contribution in [3.63, 3.8) is 0 Å². The van der Waals surface area contributed by atoms with Crippen molar-refractivity contribution in [2.75, 3.05) is 33.0 Å². The number of allylic oxidation sites excluding steroid dienone is 1. The lowest BCUT2D eigenvalue weighted by Crippen LogP contribution is -2.45. The Labute approximate surface area is 123 Å². The Morgan fingerprint density at radius 3 is 2.15 bits per heavy atom. The number of hydrogen-bond acceptors (Lipinski definition) is 5. The van der Waals surface area contributed by atoms with E-state index in [4.69, 9.17) is 22.8 Å². The Kier molecular flexibility index (Phi) is 8.40. The summed E-state index contributed by atoms with van der Waals surface area (Å²) in [6.45, 7) is 13.1. The van der Waals surface area contributed by atoms with Gasteiger partial charge in [0.2, 0.25) is 0 Å². The number of rotatable bonds is 13. The molecule has 0 bridgehead atoms. The van der Waals surface area contributed by atoms with Crippen LogP contribution in [0.4, 0.5) is 0 Å². The van der Waals surface area contributed by atoms with Crippen LogP contribution in [0.25, 0.3) is 0 Å². The molecule has 1 fully saturated rings. The van der Waals surface area contributed by atoms with Crippen LogP contribution in [0.3, 0.4) is 0 Å². The Morgan fingerprint density at radius 1 is 1.15 bits per heavy atom. The molecule has 0 radical (unpaired) electrons. The van der Waals surface area contributed by atoms with Gasteiger partial charge in [-0.25, -0.2) is 0 Å². The Morgan fingerprint density at radius 2 is 1.70 bits per heavy atom. The van der Waals surface area contributed by atoms with Crippen LogP contribution < -0.4 is 0 Å². The van der Waals surface area contributed by atoms with E-state index in [2.05, 4.69) is 6.58 Å². The lowest BCUT2D eigenvalue weighted by molar-refractivity contribution is 0.0704. The summed E-state index contributed by atoms with van der Waals surface area (Å²) >= 11 is 0. The van der Waals surface area contributed by atoms with E-state index in [1.54, 1.807) is 0 Å². The first-order valence-electron chi connectivity index (χ1n) is 7.49. The fourth-order valence-corrected chi connectivity index (χ4v) is 4.56. The van der Waals surface area contributed by atoms with Gasteiger partial charge in [0, 0.05) is 32.3 Å². The quantitative estimate of drug-likeness (QED) is 0.297. The molecular weight excluding hydrogens is 276 g/mol. The van der Waals surface area contributed by atoms with Gasteiger partial charge >= 0.3 is 8.80 Å². The van der Waals surface area contributed by atoms with Crippen molar-refractivity contribution >= 4 is 8.80 Å². The zero-order valence-electron chi connectivity index (χ0n) is 13.0. The van der Waals surface area contributed by atoms with Gasteiger partial charge < -0.3 is 22.8 Å². The zero-order chi connectivity index (χ0) is 14.8. The van der Waals surface area contributed by atoms with Crippen LogP contribution >= 0.6 is 0 Å². The second kappa shape index (κ2) is 9.52. The first-order valence-corrected chi connectivity index (χ1v) is 9.43. The second-order valence-electron chi connectivity index (χ2n) is 4.64. The summed E-state index contributed by atoms with van der Waals surface area (Å²) < 4.78 is 28.0. The highest BCUT2D eigenvalue weighted by Gasteiger charge is 2.39. The van der Waals surface area contributed by atoms with Crippen molar-refractivity contribution in [2.45, 2.75) is 45.8 Å². The summed E-state index contributed by atoms with van der Waals surface area (Å²) in [7, 11) is -2.52. The number of ether oxygens (including phenoxy) is 2. The maximum absolute atomic E-state index is 5.80. The van der Waals surface area contributed by atoms with E-state index in [1.807, 2.05) is 20.8 Å². The Hall–Kier alpha value is -0.403. The van der Waals surface area contributed by atoms with Gasteiger partial charge in [0.05, 0.1) is 12.4 Å². The van der Waals surface area contributed by atoms with Crippen molar-refractivity contribution in [1.29, 1.82) is 0 Å². The van der Waals surface area contributed by atoms with Gasteiger partial charge in [-0.1, -0.05) is 6.58 Å². The van der Waals surface area contributed by atoms with Crippen molar-refractivity contribution in [1.82, 2.24) is 0 Å². The van der Waals surface area contributed by atoms with Gasteiger partial charge in [0.15, 0.2) is 0 Å². The molecule has 1 rings (SSSR count). The van der Waals surface area contributed by atoms with E-state index in [0.717, 1.165) is 31.3 Å². The lowest BCUT2D eigenvalue weighted by atomic mass is 10.3. The van der Waals surface area contributed by atoms with E-state index in [1.165, 1.54) is 0 Å². The summed E-state index contributed by atoms with van der Waals surface area (Å²) in [5.74, 6) is 0.799. The molecule has 0 aliphatic carbocycles. The van der Waals surface area contributed by atoms with Crippen LogP contribution in [0.5, 0.6) is 0 Å². The largest absolute Gasteiger partial charge is 0.500 e. The molecule has 5 nitrogen and oxygen atoms in total. The molecular formula is C14H28O5Si.